The molecule has 0 spiro atoms. The van der Waals surface area contributed by atoms with Crippen molar-refractivity contribution in [3.05, 3.63) is 38.0 Å². The molecule has 0 aromatic carbocycles. The maximum Gasteiger partial charge on any atom is 0.373 e. The van der Waals surface area contributed by atoms with Crippen LogP contribution < -0.4 is 0 Å². The predicted molar refractivity (Wildman–Crippen MR) is 61.5 cm³/mol. The van der Waals surface area contributed by atoms with Gasteiger partial charge in [0.15, 0.2) is 0 Å². The average Bonchev–Trinajstić information content (AvgIpc) is 2.64. The van der Waals surface area contributed by atoms with Crippen LogP contribution in [0.5, 0.6) is 0 Å². The van der Waals surface area contributed by atoms with Crippen LogP contribution >= 0.6 is 11.3 Å². The Balaban J connectivity index is 0.000000673. The van der Waals surface area contributed by atoms with Crippen LogP contribution in [0.3, 0.4) is 0 Å². The van der Waals surface area contributed by atoms with Gasteiger partial charge in [-0.25, -0.2) is 0 Å². The molecule has 0 aliphatic rings. The second kappa shape index (κ2) is 8.44. The Morgan fingerprint density at radius 3 is 2.62 bits per heavy atom. The number of thiophene rings is 1. The predicted octanol–water partition coefficient (Wildman–Crippen LogP) is 3.53. The molecule has 1 heterocycles. The molecular weight excluding hydrogens is 226 g/mol. The van der Waals surface area contributed by atoms with E-state index in [1.807, 2.05) is 19.1 Å². The summed E-state index contributed by atoms with van der Waals surface area (Å²) in [6.45, 7) is 4.03. The quantitative estimate of drug-likeness (QED) is 0.457. The van der Waals surface area contributed by atoms with E-state index in [9.17, 15) is 0 Å². The first-order chi connectivity index (χ1) is 7.67. The van der Waals surface area contributed by atoms with E-state index in [1.54, 1.807) is 11.3 Å². The molecule has 1 rings (SSSR count). The summed E-state index contributed by atoms with van der Waals surface area (Å²) in [5.41, 5.74) is 9.05. The lowest BCUT2D eigenvalue weighted by Gasteiger charge is -1.91. The summed E-state index contributed by atoms with van der Waals surface area (Å²) in [4.78, 5) is 21.4. The van der Waals surface area contributed by atoms with E-state index in [4.69, 9.17) is 15.1 Å². The second-order valence-electron chi connectivity index (χ2n) is 2.71. The Morgan fingerprint density at radius 2 is 2.25 bits per heavy atom. The summed E-state index contributed by atoms with van der Waals surface area (Å²) < 4.78 is 0. The van der Waals surface area contributed by atoms with Crippen molar-refractivity contribution in [1.29, 1.82) is 0 Å². The van der Waals surface area contributed by atoms with Gasteiger partial charge in [0.25, 0.3) is 0 Å². The fourth-order valence-corrected chi connectivity index (χ4v) is 1.79. The minimum atomic E-state index is 0.250. The highest BCUT2D eigenvalue weighted by molar-refractivity contribution is 7.12. The van der Waals surface area contributed by atoms with Gasteiger partial charge >= 0.3 is 6.15 Å². The number of carbonyl (C=O) groups excluding carboxylic acids is 2. The van der Waals surface area contributed by atoms with E-state index in [-0.39, 0.29) is 6.15 Å². The van der Waals surface area contributed by atoms with Crippen LogP contribution in [0.15, 0.2) is 22.9 Å². The smallest absolute Gasteiger partial charge is 0.186 e. The zero-order valence-electron chi connectivity index (χ0n) is 9.01. The van der Waals surface area contributed by atoms with Crippen LogP contribution in [0.2, 0.25) is 0 Å². The molecule has 0 N–H and O–H groups in total. The summed E-state index contributed by atoms with van der Waals surface area (Å²) in [6, 6.07) is 4.09. The van der Waals surface area contributed by atoms with Crippen molar-refractivity contribution in [2.75, 3.05) is 0 Å². The second-order valence-corrected chi connectivity index (χ2v) is 4.03. The highest BCUT2D eigenvalue weighted by atomic mass is 32.1. The van der Waals surface area contributed by atoms with Crippen molar-refractivity contribution in [2.45, 2.75) is 20.3 Å². The first-order valence-electron chi connectivity index (χ1n) is 4.49. The zero-order valence-corrected chi connectivity index (χ0v) is 9.82. The van der Waals surface area contributed by atoms with Gasteiger partial charge in [-0.3, -0.25) is 0 Å². The average molecular weight is 237 g/mol. The fourth-order valence-electron chi connectivity index (χ4n) is 0.954. The van der Waals surface area contributed by atoms with E-state index in [0.29, 0.717) is 0 Å². The minimum Gasteiger partial charge on any atom is -0.186 e. The molecule has 0 aliphatic carbocycles. The molecule has 0 saturated heterocycles. The number of nitrogens with zero attached hydrogens (tertiary/aromatic N) is 3. The zero-order chi connectivity index (χ0) is 12.4. The van der Waals surface area contributed by atoms with E-state index in [2.05, 4.69) is 23.0 Å². The Bertz CT molecular complexity index is 439. The van der Waals surface area contributed by atoms with Crippen molar-refractivity contribution in [1.82, 2.24) is 0 Å². The van der Waals surface area contributed by atoms with Crippen LogP contribution in [0.25, 0.3) is 16.5 Å². The molecule has 0 saturated carbocycles. The molecule has 0 unspecified atom stereocenters. The molecule has 0 atom stereocenters. The summed E-state index contributed by atoms with van der Waals surface area (Å²) >= 11 is 1.70. The third-order valence-electron chi connectivity index (χ3n) is 1.61. The Hall–Kier alpha value is -1.87. The van der Waals surface area contributed by atoms with E-state index in [1.165, 1.54) is 4.88 Å². The molecule has 84 valence electrons. The summed E-state index contributed by atoms with van der Waals surface area (Å²) in [7, 11) is 0. The van der Waals surface area contributed by atoms with Gasteiger partial charge in [-0.05, 0) is 37.1 Å². The van der Waals surface area contributed by atoms with Gasteiger partial charge in [0.2, 0.25) is 0 Å². The molecule has 0 aliphatic heterocycles. The number of aryl methyl sites for hydroxylation is 1. The SMILES string of the molecule is CC/C(=C\c1ccc(C)s1)N=[N+]=[N-].O=C=O. The standard InChI is InChI=1S/C9H11N3S.CO2/c1-3-8(11-12-10)6-9-5-4-7(2)13-9;2-1-3/h4-6H,3H2,1-2H3;/b8-6+;. The van der Waals surface area contributed by atoms with Crippen LogP contribution in [0.1, 0.15) is 23.1 Å². The molecular formula is C10H11N3O2S. The van der Waals surface area contributed by atoms with Crippen molar-refractivity contribution >= 4 is 23.6 Å². The molecule has 16 heavy (non-hydrogen) atoms. The van der Waals surface area contributed by atoms with E-state index >= 15 is 0 Å². The van der Waals surface area contributed by atoms with Gasteiger partial charge in [0.05, 0.1) is 0 Å². The highest BCUT2D eigenvalue weighted by Gasteiger charge is 1.94. The lowest BCUT2D eigenvalue weighted by molar-refractivity contribution is -0.191. The lowest BCUT2D eigenvalue weighted by Crippen LogP contribution is -1.70. The molecule has 1 aromatic heterocycles. The van der Waals surface area contributed by atoms with Gasteiger partial charge < -0.3 is 0 Å². The fraction of sp³-hybridized carbons (Fsp3) is 0.300. The topological polar surface area (TPSA) is 82.9 Å². The summed E-state index contributed by atoms with van der Waals surface area (Å²) in [5.74, 6) is 0. The van der Waals surface area contributed by atoms with Crippen LogP contribution in [-0.2, 0) is 9.59 Å². The van der Waals surface area contributed by atoms with Crippen LogP contribution in [0, 0.1) is 6.92 Å². The minimum absolute atomic E-state index is 0.250. The maximum atomic E-state index is 8.27. The molecule has 6 heteroatoms. The monoisotopic (exact) mass is 237 g/mol. The molecule has 5 nitrogen and oxygen atoms in total. The van der Waals surface area contributed by atoms with Crippen LogP contribution in [0.4, 0.5) is 0 Å². The van der Waals surface area contributed by atoms with Crippen molar-refractivity contribution in [3.63, 3.8) is 0 Å². The molecule has 0 amide bonds. The van der Waals surface area contributed by atoms with Crippen molar-refractivity contribution in [3.8, 4) is 0 Å². The molecule has 0 fully saturated rings. The lowest BCUT2D eigenvalue weighted by atomic mass is 10.3. The Labute approximate surface area is 97.0 Å². The molecule has 0 bridgehead atoms. The summed E-state index contributed by atoms with van der Waals surface area (Å²) in [5, 5.41) is 3.60. The Morgan fingerprint density at radius 1 is 1.62 bits per heavy atom. The number of hydrogen-bond acceptors (Lipinski definition) is 4. The third kappa shape index (κ3) is 5.78. The van der Waals surface area contributed by atoms with Crippen LogP contribution in [-0.4, -0.2) is 6.15 Å². The number of allylic oxidation sites excluding steroid dienone is 1. The molecule has 1 aromatic rings. The number of azide groups is 1. The van der Waals surface area contributed by atoms with E-state index in [0.717, 1.165) is 17.0 Å². The Kier molecular flexibility index (Phi) is 7.45. The van der Waals surface area contributed by atoms with Gasteiger partial charge in [-0.2, -0.15) is 9.59 Å². The molecule has 0 radical (unpaired) electrons. The summed E-state index contributed by atoms with van der Waals surface area (Å²) in [6.07, 6.45) is 2.94. The normalized spacial score (nSPS) is 9.50. The first kappa shape index (κ1) is 14.1. The van der Waals surface area contributed by atoms with E-state index < -0.39 is 0 Å². The van der Waals surface area contributed by atoms with Crippen molar-refractivity contribution in [2.24, 2.45) is 5.11 Å². The van der Waals surface area contributed by atoms with Gasteiger partial charge in [-0.15, -0.1) is 11.3 Å². The largest absolute Gasteiger partial charge is 0.373 e. The maximum absolute atomic E-state index is 8.27. The van der Waals surface area contributed by atoms with Gasteiger partial charge in [0.1, 0.15) is 0 Å². The third-order valence-corrected chi connectivity index (χ3v) is 2.55. The van der Waals surface area contributed by atoms with Gasteiger partial charge in [0, 0.05) is 20.4 Å². The highest BCUT2D eigenvalue weighted by Crippen LogP contribution is 2.19. The number of rotatable bonds is 3. The van der Waals surface area contributed by atoms with Gasteiger partial charge in [-0.1, -0.05) is 12.0 Å². The van der Waals surface area contributed by atoms with Crippen molar-refractivity contribution < 1.29 is 9.59 Å². The first-order valence-corrected chi connectivity index (χ1v) is 5.31. The number of hydrogen-bond donors (Lipinski definition) is 0.